The molecule has 0 bridgehead atoms. The Hall–Kier alpha value is -3.67. The van der Waals surface area contributed by atoms with E-state index < -0.39 is 18.5 Å². The highest BCUT2D eigenvalue weighted by Gasteiger charge is 2.18. The fourth-order valence-corrected chi connectivity index (χ4v) is 3.09. The predicted octanol–water partition coefficient (Wildman–Crippen LogP) is 2.82. The standard InChI is InChI=1S/C23H22N2O4/c26-22(17-29-23(27)21-13-7-8-16-25(21)28)24-15-14-20(18-9-3-1-4-10-18)19-11-5-2-6-12-19/h1-13,16,20H,14-15,17H2,(H,24,26). The Morgan fingerprint density at radius 1 is 0.897 bits per heavy atom. The minimum atomic E-state index is -0.831. The van der Waals surface area contributed by atoms with Crippen LogP contribution in [-0.2, 0) is 9.53 Å². The van der Waals surface area contributed by atoms with Crippen molar-refractivity contribution in [2.24, 2.45) is 0 Å². The number of rotatable bonds is 8. The van der Waals surface area contributed by atoms with Gasteiger partial charge in [0, 0.05) is 24.6 Å². The van der Waals surface area contributed by atoms with Gasteiger partial charge in [0.15, 0.2) is 12.8 Å². The third-order valence-corrected chi connectivity index (χ3v) is 4.53. The van der Waals surface area contributed by atoms with E-state index in [9.17, 15) is 14.8 Å². The molecule has 1 amide bonds. The first kappa shape index (κ1) is 20.1. The van der Waals surface area contributed by atoms with Crippen LogP contribution in [0.3, 0.4) is 0 Å². The van der Waals surface area contributed by atoms with Gasteiger partial charge in [0.2, 0.25) is 0 Å². The lowest BCUT2D eigenvalue weighted by Gasteiger charge is -2.18. The highest BCUT2D eigenvalue weighted by atomic mass is 16.5. The van der Waals surface area contributed by atoms with E-state index in [0.29, 0.717) is 17.7 Å². The fourth-order valence-electron chi connectivity index (χ4n) is 3.09. The van der Waals surface area contributed by atoms with E-state index in [4.69, 9.17) is 4.74 Å². The van der Waals surface area contributed by atoms with Crippen molar-refractivity contribution < 1.29 is 19.1 Å². The van der Waals surface area contributed by atoms with Crippen molar-refractivity contribution in [2.75, 3.05) is 13.2 Å². The summed E-state index contributed by atoms with van der Waals surface area (Å²) in [4.78, 5) is 23.9. The van der Waals surface area contributed by atoms with E-state index >= 15 is 0 Å². The van der Waals surface area contributed by atoms with E-state index in [1.807, 2.05) is 36.4 Å². The van der Waals surface area contributed by atoms with Gasteiger partial charge in [-0.25, -0.2) is 4.79 Å². The van der Waals surface area contributed by atoms with Gasteiger partial charge in [-0.05, 0) is 23.6 Å². The van der Waals surface area contributed by atoms with Crippen molar-refractivity contribution in [1.29, 1.82) is 0 Å². The van der Waals surface area contributed by atoms with E-state index in [0.717, 1.165) is 0 Å². The van der Waals surface area contributed by atoms with Gasteiger partial charge in [0.05, 0.1) is 0 Å². The van der Waals surface area contributed by atoms with Gasteiger partial charge in [-0.3, -0.25) is 4.79 Å². The van der Waals surface area contributed by atoms with Gasteiger partial charge < -0.3 is 15.3 Å². The summed E-state index contributed by atoms with van der Waals surface area (Å²) in [7, 11) is 0. The molecule has 6 nitrogen and oxygen atoms in total. The summed E-state index contributed by atoms with van der Waals surface area (Å²) in [5, 5.41) is 14.3. The minimum absolute atomic E-state index is 0.143. The SMILES string of the molecule is O=C(COC(=O)c1cccc[n+]1[O-])NCCC(c1ccccc1)c1ccccc1. The summed E-state index contributed by atoms with van der Waals surface area (Å²) in [5.74, 6) is -1.10. The molecule has 0 spiro atoms. The van der Waals surface area contributed by atoms with Crippen LogP contribution >= 0.6 is 0 Å². The Bertz CT molecular complexity index is 906. The molecule has 0 saturated heterocycles. The Labute approximate surface area is 169 Å². The Morgan fingerprint density at radius 2 is 1.48 bits per heavy atom. The molecule has 29 heavy (non-hydrogen) atoms. The van der Waals surface area contributed by atoms with Crippen LogP contribution in [0.2, 0.25) is 0 Å². The highest BCUT2D eigenvalue weighted by molar-refractivity contribution is 5.88. The summed E-state index contributed by atoms with van der Waals surface area (Å²) >= 11 is 0. The molecule has 0 aliphatic rings. The van der Waals surface area contributed by atoms with Gasteiger partial charge >= 0.3 is 11.7 Å². The van der Waals surface area contributed by atoms with Crippen LogP contribution in [-0.4, -0.2) is 25.0 Å². The van der Waals surface area contributed by atoms with Crippen LogP contribution in [0.1, 0.15) is 34.0 Å². The lowest BCUT2D eigenvalue weighted by molar-refractivity contribution is -0.608. The maximum absolute atomic E-state index is 12.0. The van der Waals surface area contributed by atoms with Crippen molar-refractivity contribution in [1.82, 2.24) is 5.32 Å². The van der Waals surface area contributed by atoms with Gasteiger partial charge in [0.25, 0.3) is 5.91 Å². The number of ether oxygens (including phenoxy) is 1. The van der Waals surface area contributed by atoms with Crippen LogP contribution in [0.4, 0.5) is 0 Å². The number of nitrogens with zero attached hydrogens (tertiary/aromatic N) is 1. The maximum atomic E-state index is 12.0. The molecule has 0 saturated carbocycles. The molecule has 1 aromatic heterocycles. The Morgan fingerprint density at radius 3 is 2.07 bits per heavy atom. The number of hydrogen-bond acceptors (Lipinski definition) is 4. The quantitative estimate of drug-likeness (QED) is 0.364. The summed E-state index contributed by atoms with van der Waals surface area (Å²) in [5.41, 5.74) is 2.18. The van der Waals surface area contributed by atoms with E-state index in [1.165, 1.54) is 29.5 Å². The third-order valence-electron chi connectivity index (χ3n) is 4.53. The van der Waals surface area contributed by atoms with E-state index in [1.54, 1.807) is 6.07 Å². The van der Waals surface area contributed by atoms with Gasteiger partial charge in [-0.1, -0.05) is 60.7 Å². The smallest absolute Gasteiger partial charge is 0.405 e. The largest absolute Gasteiger partial charge is 0.618 e. The maximum Gasteiger partial charge on any atom is 0.405 e. The second-order valence-corrected chi connectivity index (χ2v) is 6.50. The lowest BCUT2D eigenvalue weighted by atomic mass is 9.88. The van der Waals surface area contributed by atoms with Crippen molar-refractivity contribution in [3.8, 4) is 0 Å². The molecule has 0 fully saturated rings. The first-order valence-corrected chi connectivity index (χ1v) is 9.37. The van der Waals surface area contributed by atoms with E-state index in [-0.39, 0.29) is 11.6 Å². The number of aromatic nitrogens is 1. The predicted molar refractivity (Wildman–Crippen MR) is 108 cm³/mol. The first-order valence-electron chi connectivity index (χ1n) is 9.37. The highest BCUT2D eigenvalue weighted by Crippen LogP contribution is 2.27. The second-order valence-electron chi connectivity index (χ2n) is 6.50. The molecule has 1 N–H and O–H groups in total. The lowest BCUT2D eigenvalue weighted by Crippen LogP contribution is -2.36. The minimum Gasteiger partial charge on any atom is -0.618 e. The van der Waals surface area contributed by atoms with Gasteiger partial charge in [-0.15, -0.1) is 0 Å². The van der Waals surface area contributed by atoms with E-state index in [2.05, 4.69) is 29.6 Å². The average molecular weight is 390 g/mol. The number of carbonyl (C=O) groups is 2. The monoisotopic (exact) mass is 390 g/mol. The molecule has 3 rings (SSSR count). The fraction of sp³-hybridized carbons (Fsp3) is 0.174. The van der Waals surface area contributed by atoms with Crippen LogP contribution in [0.25, 0.3) is 0 Å². The first-order chi connectivity index (χ1) is 14.1. The van der Waals surface area contributed by atoms with Crippen LogP contribution in [0, 0.1) is 5.21 Å². The van der Waals surface area contributed by atoms with Crippen LogP contribution < -0.4 is 10.0 Å². The van der Waals surface area contributed by atoms with Gasteiger partial charge in [-0.2, -0.15) is 4.73 Å². The zero-order chi connectivity index (χ0) is 20.5. The van der Waals surface area contributed by atoms with Crippen LogP contribution in [0.15, 0.2) is 85.1 Å². The molecule has 6 heteroatoms. The number of esters is 1. The Kier molecular flexibility index (Phi) is 6.95. The van der Waals surface area contributed by atoms with Crippen molar-refractivity contribution in [2.45, 2.75) is 12.3 Å². The summed E-state index contributed by atoms with van der Waals surface area (Å²) in [6.07, 6.45) is 1.90. The number of benzene rings is 2. The summed E-state index contributed by atoms with van der Waals surface area (Å²) < 4.78 is 5.33. The van der Waals surface area contributed by atoms with Crippen molar-refractivity contribution >= 4 is 11.9 Å². The third kappa shape index (κ3) is 5.65. The number of carbonyl (C=O) groups excluding carboxylic acids is 2. The number of pyridine rings is 1. The summed E-state index contributed by atoms with van der Waals surface area (Å²) in [6.45, 7) is -0.00714. The number of nitrogens with one attached hydrogen (secondary N) is 1. The van der Waals surface area contributed by atoms with Crippen molar-refractivity contribution in [3.05, 3.63) is 107 Å². The molecule has 0 atom stereocenters. The average Bonchev–Trinajstić information content (AvgIpc) is 2.76. The molecular weight excluding hydrogens is 368 g/mol. The van der Waals surface area contributed by atoms with Gasteiger partial charge in [0.1, 0.15) is 0 Å². The zero-order valence-electron chi connectivity index (χ0n) is 15.9. The number of amides is 1. The molecule has 0 radical (unpaired) electrons. The second kappa shape index (κ2) is 10.0. The van der Waals surface area contributed by atoms with Crippen LogP contribution in [0.5, 0.6) is 0 Å². The topological polar surface area (TPSA) is 82.3 Å². The molecular formula is C23H22N2O4. The molecule has 148 valence electrons. The Balaban J connectivity index is 1.52. The molecule has 0 aliphatic carbocycles. The summed E-state index contributed by atoms with van der Waals surface area (Å²) in [6, 6.07) is 24.6. The zero-order valence-corrected chi connectivity index (χ0v) is 15.9. The van der Waals surface area contributed by atoms with Crippen molar-refractivity contribution in [3.63, 3.8) is 0 Å². The molecule has 2 aromatic carbocycles. The molecule has 0 unspecified atom stereocenters. The molecule has 3 aromatic rings. The molecule has 0 aliphatic heterocycles. The molecule has 1 heterocycles. The number of hydrogen-bond donors (Lipinski definition) is 1. The normalized spacial score (nSPS) is 10.5.